The average Bonchev–Trinajstić information content (AvgIpc) is 2.29. The van der Waals surface area contributed by atoms with Gasteiger partial charge in [-0.15, -0.1) is 0 Å². The summed E-state index contributed by atoms with van der Waals surface area (Å²) < 4.78 is 15.2. The first kappa shape index (κ1) is 7.24. The lowest BCUT2D eigenvalue weighted by atomic mass is 10.0. The molecule has 0 fully saturated rings. The number of hydrogen-bond acceptors (Lipinski definition) is 0. The Bertz CT molecular complexity index is 475. The van der Waals surface area contributed by atoms with Gasteiger partial charge in [-0.2, -0.15) is 0 Å². The van der Waals surface area contributed by atoms with Crippen molar-refractivity contribution < 1.29 is 2.74 Å². The van der Waals surface area contributed by atoms with Crippen molar-refractivity contribution in [3.05, 3.63) is 60.2 Å². The smallest absolute Gasteiger partial charge is 0.0437 e. The van der Waals surface area contributed by atoms with Gasteiger partial charge in [-0.1, -0.05) is 70.5 Å². The third kappa shape index (κ3) is 2.05. The van der Waals surface area contributed by atoms with Crippen LogP contribution in [-0.2, 0) is 5.28 Å². The fourth-order valence-corrected chi connectivity index (χ4v) is 1.63. The van der Waals surface area contributed by atoms with Crippen molar-refractivity contribution in [2.45, 2.75) is 5.28 Å². The quantitative estimate of drug-likeness (QED) is 0.698. The molecule has 0 unspecified atom stereocenters. The fraction of sp³-hybridized carbons (Fsp3) is 0.0769. The average molecular weight is 249 g/mol. The van der Waals surface area contributed by atoms with E-state index in [4.69, 9.17) is 2.74 Å². The molecule has 0 saturated heterocycles. The molecule has 0 nitrogen and oxygen atoms in total. The maximum Gasteiger partial charge on any atom is 0.0437 e. The van der Waals surface area contributed by atoms with E-state index in [0.717, 1.165) is 11.1 Å². The molecule has 1 heteroatoms. The Balaban J connectivity index is 2.45. The normalized spacial score (nSPS) is 13.2. The third-order valence-corrected chi connectivity index (χ3v) is 2.54. The molecule has 0 heterocycles. The molecule has 0 saturated carbocycles. The lowest BCUT2D eigenvalue weighted by molar-refractivity contribution is 1.43. The number of alkyl halides is 1. The Morgan fingerprint density at radius 1 is 0.929 bits per heavy atom. The van der Waals surface area contributed by atoms with E-state index >= 15 is 0 Å². The van der Waals surface area contributed by atoms with Crippen LogP contribution in [0.4, 0.5) is 0 Å². The predicted molar refractivity (Wildman–Crippen MR) is 64.5 cm³/mol. The van der Waals surface area contributed by atoms with Gasteiger partial charge < -0.3 is 0 Å². The number of halogens is 1. The largest absolute Gasteiger partial charge is 0.0876 e. The summed E-state index contributed by atoms with van der Waals surface area (Å²) in [6, 6.07) is 17.5. The molecule has 0 aliphatic rings. The molecule has 0 atom stereocenters. The van der Waals surface area contributed by atoms with E-state index in [-0.39, 0.29) is 0 Å². The Kier molecular flexibility index (Phi) is 2.29. The van der Waals surface area contributed by atoms with Crippen LogP contribution in [0.3, 0.4) is 0 Å². The Morgan fingerprint density at radius 2 is 1.64 bits per heavy atom. The van der Waals surface area contributed by atoms with Crippen molar-refractivity contribution in [1.82, 2.24) is 0 Å². The fourth-order valence-electron chi connectivity index (χ4n) is 1.39. The van der Waals surface area contributed by atoms with Crippen molar-refractivity contribution >= 4 is 15.9 Å². The van der Waals surface area contributed by atoms with E-state index in [2.05, 4.69) is 15.9 Å². The van der Waals surface area contributed by atoms with Crippen LogP contribution in [0.15, 0.2) is 54.6 Å². The molecule has 2 rings (SSSR count). The van der Waals surface area contributed by atoms with Crippen LogP contribution in [0.1, 0.15) is 8.30 Å². The minimum atomic E-state index is -1.47. The van der Waals surface area contributed by atoms with Gasteiger partial charge in [-0.3, -0.25) is 0 Å². The highest BCUT2D eigenvalue weighted by Gasteiger charge is 1.96. The van der Waals surface area contributed by atoms with Crippen LogP contribution in [0.5, 0.6) is 0 Å². The summed E-state index contributed by atoms with van der Waals surface area (Å²) in [4.78, 5) is 0. The molecule has 0 spiro atoms. The highest BCUT2D eigenvalue weighted by atomic mass is 79.9. The SMILES string of the molecule is [2H]C([2H])(Br)c1cccc(-c2ccccc2)c1. The molecule has 2 aromatic carbocycles. The maximum absolute atomic E-state index is 7.62. The third-order valence-electron chi connectivity index (χ3n) is 2.08. The first-order chi connectivity index (χ1) is 7.57. The molecule has 14 heavy (non-hydrogen) atoms. The summed E-state index contributed by atoms with van der Waals surface area (Å²) >= 11 is 3.03. The van der Waals surface area contributed by atoms with Crippen LogP contribution in [-0.4, -0.2) is 0 Å². The maximum atomic E-state index is 7.62. The van der Waals surface area contributed by atoms with E-state index < -0.39 is 5.28 Å². The van der Waals surface area contributed by atoms with Gasteiger partial charge in [0.15, 0.2) is 0 Å². The van der Waals surface area contributed by atoms with Crippen LogP contribution < -0.4 is 0 Å². The van der Waals surface area contributed by atoms with Crippen molar-refractivity contribution in [3.8, 4) is 11.1 Å². The Hall–Kier alpha value is -1.08. The van der Waals surface area contributed by atoms with Crippen LogP contribution in [0.2, 0.25) is 0 Å². The summed E-state index contributed by atoms with van der Waals surface area (Å²) in [5, 5.41) is -1.47. The molecule has 70 valence electrons. The lowest BCUT2D eigenvalue weighted by Gasteiger charge is -2.02. The van der Waals surface area contributed by atoms with Gasteiger partial charge in [-0.05, 0) is 16.7 Å². The number of benzene rings is 2. The minimum Gasteiger partial charge on any atom is -0.0876 e. The number of rotatable bonds is 2. The van der Waals surface area contributed by atoms with Gasteiger partial charge in [0.05, 0.1) is 0 Å². The van der Waals surface area contributed by atoms with E-state index in [0.29, 0.717) is 5.56 Å². The van der Waals surface area contributed by atoms with Gasteiger partial charge in [0.25, 0.3) is 0 Å². The molecule has 0 aliphatic carbocycles. The highest BCUT2D eigenvalue weighted by molar-refractivity contribution is 9.08. The van der Waals surface area contributed by atoms with Gasteiger partial charge in [0.2, 0.25) is 0 Å². The highest BCUT2D eigenvalue weighted by Crippen LogP contribution is 2.20. The van der Waals surface area contributed by atoms with E-state index in [9.17, 15) is 0 Å². The Labute approximate surface area is 95.5 Å². The molecule has 0 radical (unpaired) electrons. The minimum absolute atomic E-state index is 0.633. The number of hydrogen-bond donors (Lipinski definition) is 0. The Morgan fingerprint density at radius 3 is 2.36 bits per heavy atom. The van der Waals surface area contributed by atoms with Gasteiger partial charge >= 0.3 is 0 Å². The lowest BCUT2D eigenvalue weighted by Crippen LogP contribution is -1.80. The van der Waals surface area contributed by atoms with Crippen molar-refractivity contribution in [3.63, 3.8) is 0 Å². The van der Waals surface area contributed by atoms with Crippen LogP contribution in [0, 0.1) is 0 Å². The van der Waals surface area contributed by atoms with Crippen molar-refractivity contribution in [2.75, 3.05) is 0 Å². The van der Waals surface area contributed by atoms with Crippen LogP contribution >= 0.6 is 15.9 Å². The summed E-state index contributed by atoms with van der Waals surface area (Å²) in [7, 11) is 0. The molecule has 0 amide bonds. The molecular weight excluding hydrogens is 236 g/mol. The zero-order chi connectivity index (χ0) is 11.6. The zero-order valence-corrected chi connectivity index (χ0v) is 9.16. The van der Waals surface area contributed by atoms with E-state index in [1.807, 2.05) is 48.5 Å². The molecule has 0 aromatic heterocycles. The standard InChI is InChI=1S/C13H11Br/c14-10-11-5-4-8-13(9-11)12-6-2-1-3-7-12/h1-9H,10H2/i10D2. The van der Waals surface area contributed by atoms with Gasteiger partial charge in [0.1, 0.15) is 0 Å². The van der Waals surface area contributed by atoms with Crippen molar-refractivity contribution in [1.29, 1.82) is 0 Å². The second-order valence-electron chi connectivity index (χ2n) is 3.04. The molecule has 0 aliphatic heterocycles. The van der Waals surface area contributed by atoms with E-state index in [1.165, 1.54) is 0 Å². The second-order valence-corrected chi connectivity index (χ2v) is 3.44. The summed E-state index contributed by atoms with van der Waals surface area (Å²) in [5.74, 6) is 0. The molecule has 0 bridgehead atoms. The topological polar surface area (TPSA) is 0 Å². The monoisotopic (exact) mass is 248 g/mol. The van der Waals surface area contributed by atoms with Gasteiger partial charge in [-0.25, -0.2) is 0 Å². The molecular formula is C13H11Br. The first-order valence-corrected chi connectivity index (χ1v) is 5.21. The molecule has 2 aromatic rings. The van der Waals surface area contributed by atoms with Gasteiger partial charge in [0, 0.05) is 8.02 Å². The predicted octanol–water partition coefficient (Wildman–Crippen LogP) is 4.25. The van der Waals surface area contributed by atoms with E-state index in [1.54, 1.807) is 6.07 Å². The summed E-state index contributed by atoms with van der Waals surface area (Å²) in [6.45, 7) is 0. The second kappa shape index (κ2) is 4.43. The molecule has 0 N–H and O–H groups in total. The first-order valence-electron chi connectivity index (χ1n) is 5.42. The van der Waals surface area contributed by atoms with Crippen LogP contribution in [0.25, 0.3) is 11.1 Å². The van der Waals surface area contributed by atoms with Crippen molar-refractivity contribution in [2.24, 2.45) is 0 Å². The summed E-state index contributed by atoms with van der Waals surface area (Å²) in [5.41, 5.74) is 2.76. The zero-order valence-electron chi connectivity index (χ0n) is 9.57. The summed E-state index contributed by atoms with van der Waals surface area (Å²) in [6.07, 6.45) is 0.